The smallest absolute Gasteiger partial charge is 0.352 e. The highest BCUT2D eigenvalue weighted by atomic mass is 32.2. The minimum atomic E-state index is -3.70. The molecule has 0 atom stereocenters. The number of aromatic amines is 1. The highest BCUT2D eigenvalue weighted by Gasteiger charge is 2.18. The zero-order valence-electron chi connectivity index (χ0n) is 11.7. The minimum absolute atomic E-state index is 0.0856. The first-order valence-electron chi connectivity index (χ1n) is 7.02. The number of rotatable bonds is 7. The minimum Gasteiger partial charge on any atom is -0.477 e. The van der Waals surface area contributed by atoms with E-state index < -0.39 is 16.0 Å². The number of nitrogens with one attached hydrogen (secondary N) is 2. The molecule has 0 aromatic carbocycles. The average molecular weight is 316 g/mol. The summed E-state index contributed by atoms with van der Waals surface area (Å²) in [7, 11) is -3.70. The van der Waals surface area contributed by atoms with Gasteiger partial charge in [0, 0.05) is 12.7 Å². The van der Waals surface area contributed by atoms with E-state index in [2.05, 4.69) is 9.71 Å². The van der Waals surface area contributed by atoms with Crippen LogP contribution >= 0.6 is 0 Å². The molecule has 0 bridgehead atoms. The largest absolute Gasteiger partial charge is 0.477 e. The van der Waals surface area contributed by atoms with Gasteiger partial charge in [0.25, 0.3) is 0 Å². The summed E-state index contributed by atoms with van der Waals surface area (Å²) in [6, 6.07) is 1.09. The van der Waals surface area contributed by atoms with Gasteiger partial charge in [-0.05, 0) is 18.9 Å². The van der Waals surface area contributed by atoms with Crippen molar-refractivity contribution < 1.29 is 23.1 Å². The van der Waals surface area contributed by atoms with Gasteiger partial charge in [-0.25, -0.2) is 17.9 Å². The van der Waals surface area contributed by atoms with Crippen molar-refractivity contribution in [3.8, 4) is 0 Å². The number of carboxylic acids is 1. The van der Waals surface area contributed by atoms with Crippen molar-refractivity contribution in [2.45, 2.75) is 43.1 Å². The average Bonchev–Trinajstić information content (AvgIpc) is 2.96. The van der Waals surface area contributed by atoms with Crippen LogP contribution in [0.3, 0.4) is 0 Å². The van der Waals surface area contributed by atoms with E-state index in [0.29, 0.717) is 6.61 Å². The lowest BCUT2D eigenvalue weighted by Gasteiger charge is -2.21. The monoisotopic (exact) mass is 316 g/mol. The molecule has 0 spiro atoms. The third kappa shape index (κ3) is 4.55. The predicted octanol–water partition coefficient (Wildman–Crippen LogP) is 1.34. The molecule has 118 valence electrons. The Hall–Kier alpha value is -1.38. The SMILES string of the molecule is O=C(O)c1cc(S(=O)(=O)NCCOC2CCCCC2)c[nH]1. The summed E-state index contributed by atoms with van der Waals surface area (Å²) in [6.07, 6.45) is 7.03. The van der Waals surface area contributed by atoms with Gasteiger partial charge in [0.2, 0.25) is 10.0 Å². The van der Waals surface area contributed by atoms with E-state index in [-0.39, 0.29) is 23.2 Å². The Balaban J connectivity index is 1.79. The summed E-state index contributed by atoms with van der Waals surface area (Å²) in [6.45, 7) is 0.493. The van der Waals surface area contributed by atoms with Gasteiger partial charge in [0.1, 0.15) is 10.6 Å². The Morgan fingerprint density at radius 1 is 1.38 bits per heavy atom. The highest BCUT2D eigenvalue weighted by Crippen LogP contribution is 2.20. The zero-order chi connectivity index (χ0) is 15.3. The number of aromatic carboxylic acids is 1. The van der Waals surface area contributed by atoms with Crippen LogP contribution in [0.15, 0.2) is 17.2 Å². The van der Waals surface area contributed by atoms with Crippen molar-refractivity contribution in [2.75, 3.05) is 13.2 Å². The molecule has 1 aliphatic carbocycles. The molecule has 3 N–H and O–H groups in total. The van der Waals surface area contributed by atoms with Crippen LogP contribution < -0.4 is 4.72 Å². The standard InChI is InChI=1S/C13H20N2O5S/c16-13(17)12-8-11(9-14-12)21(18,19)15-6-7-20-10-4-2-1-3-5-10/h8-10,14-15H,1-7H2,(H,16,17). The fraction of sp³-hybridized carbons (Fsp3) is 0.615. The van der Waals surface area contributed by atoms with Crippen LogP contribution in [0.25, 0.3) is 0 Å². The van der Waals surface area contributed by atoms with Crippen LogP contribution in [0.5, 0.6) is 0 Å². The van der Waals surface area contributed by atoms with E-state index in [1.54, 1.807) is 0 Å². The summed E-state index contributed by atoms with van der Waals surface area (Å²) in [5.41, 5.74) is -0.158. The molecule has 0 saturated heterocycles. The van der Waals surface area contributed by atoms with Crippen molar-refractivity contribution in [3.05, 3.63) is 18.0 Å². The van der Waals surface area contributed by atoms with E-state index in [9.17, 15) is 13.2 Å². The molecule has 7 nitrogen and oxygen atoms in total. The van der Waals surface area contributed by atoms with Gasteiger partial charge < -0.3 is 14.8 Å². The van der Waals surface area contributed by atoms with Gasteiger partial charge in [-0.15, -0.1) is 0 Å². The van der Waals surface area contributed by atoms with Gasteiger partial charge in [-0.1, -0.05) is 19.3 Å². The number of hydrogen-bond donors (Lipinski definition) is 3. The third-order valence-corrected chi connectivity index (χ3v) is 4.94. The molecule has 1 aromatic rings. The van der Waals surface area contributed by atoms with Gasteiger partial charge in [-0.3, -0.25) is 0 Å². The Bertz CT molecular complexity index is 575. The summed E-state index contributed by atoms with van der Waals surface area (Å²) in [4.78, 5) is 13.0. The molecule has 0 amide bonds. The Morgan fingerprint density at radius 3 is 2.71 bits per heavy atom. The number of carbonyl (C=O) groups is 1. The first kappa shape index (κ1) is 16.0. The number of H-pyrrole nitrogens is 1. The normalized spacial score (nSPS) is 17.0. The van der Waals surface area contributed by atoms with Crippen molar-refractivity contribution in [1.82, 2.24) is 9.71 Å². The third-order valence-electron chi connectivity index (χ3n) is 3.50. The molecule has 2 rings (SSSR count). The van der Waals surface area contributed by atoms with Crippen LogP contribution in [-0.2, 0) is 14.8 Å². The summed E-state index contributed by atoms with van der Waals surface area (Å²) in [5.74, 6) is -1.20. The molecular weight excluding hydrogens is 296 g/mol. The second-order valence-corrected chi connectivity index (χ2v) is 6.85. The molecule has 1 saturated carbocycles. The lowest BCUT2D eigenvalue weighted by Crippen LogP contribution is -2.29. The topological polar surface area (TPSA) is 108 Å². The van der Waals surface area contributed by atoms with Crippen LogP contribution in [0.1, 0.15) is 42.6 Å². The molecule has 1 aromatic heterocycles. The maximum Gasteiger partial charge on any atom is 0.352 e. The molecule has 21 heavy (non-hydrogen) atoms. The van der Waals surface area contributed by atoms with Crippen molar-refractivity contribution in [2.24, 2.45) is 0 Å². The van der Waals surface area contributed by atoms with Crippen LogP contribution in [-0.4, -0.2) is 43.7 Å². The van der Waals surface area contributed by atoms with Gasteiger partial charge in [0.15, 0.2) is 0 Å². The first-order chi connectivity index (χ1) is 9.99. The highest BCUT2D eigenvalue weighted by molar-refractivity contribution is 7.89. The van der Waals surface area contributed by atoms with E-state index >= 15 is 0 Å². The molecule has 1 heterocycles. The number of aromatic nitrogens is 1. The van der Waals surface area contributed by atoms with Crippen molar-refractivity contribution in [1.29, 1.82) is 0 Å². The Kier molecular flexibility index (Phi) is 5.38. The van der Waals surface area contributed by atoms with Gasteiger partial charge in [0.05, 0.1) is 12.7 Å². The maximum atomic E-state index is 11.9. The first-order valence-corrected chi connectivity index (χ1v) is 8.50. The molecule has 0 radical (unpaired) electrons. The van der Waals surface area contributed by atoms with Crippen LogP contribution in [0, 0.1) is 0 Å². The van der Waals surface area contributed by atoms with E-state index in [0.717, 1.165) is 37.9 Å². The van der Waals surface area contributed by atoms with Crippen LogP contribution in [0.2, 0.25) is 0 Å². The molecular formula is C13H20N2O5S. The molecule has 1 aliphatic rings. The van der Waals surface area contributed by atoms with Crippen molar-refractivity contribution >= 4 is 16.0 Å². The summed E-state index contributed by atoms with van der Waals surface area (Å²) >= 11 is 0. The van der Waals surface area contributed by atoms with Gasteiger partial charge >= 0.3 is 5.97 Å². The molecule has 0 aliphatic heterocycles. The molecule has 8 heteroatoms. The number of hydrogen-bond acceptors (Lipinski definition) is 4. The zero-order valence-corrected chi connectivity index (χ0v) is 12.5. The number of sulfonamides is 1. The van der Waals surface area contributed by atoms with E-state index in [4.69, 9.17) is 9.84 Å². The lowest BCUT2D eigenvalue weighted by molar-refractivity contribution is 0.0321. The van der Waals surface area contributed by atoms with E-state index in [1.165, 1.54) is 6.42 Å². The number of ether oxygens (including phenoxy) is 1. The van der Waals surface area contributed by atoms with Crippen molar-refractivity contribution in [3.63, 3.8) is 0 Å². The fourth-order valence-corrected chi connectivity index (χ4v) is 3.38. The quantitative estimate of drug-likeness (QED) is 0.658. The molecule has 0 unspecified atom stereocenters. The summed E-state index contributed by atoms with van der Waals surface area (Å²) in [5, 5.41) is 8.76. The number of carboxylic acid groups (broad SMARTS) is 1. The second-order valence-electron chi connectivity index (χ2n) is 5.08. The van der Waals surface area contributed by atoms with Crippen LogP contribution in [0.4, 0.5) is 0 Å². The Labute approximate surface area is 123 Å². The maximum absolute atomic E-state index is 11.9. The fourth-order valence-electron chi connectivity index (χ4n) is 2.37. The second kappa shape index (κ2) is 7.06. The Morgan fingerprint density at radius 2 is 2.10 bits per heavy atom. The summed E-state index contributed by atoms with van der Waals surface area (Å²) < 4.78 is 31.9. The molecule has 1 fully saturated rings. The van der Waals surface area contributed by atoms with Gasteiger partial charge in [-0.2, -0.15) is 0 Å². The van der Waals surface area contributed by atoms with E-state index in [1.807, 2.05) is 0 Å². The lowest BCUT2D eigenvalue weighted by atomic mass is 9.98. The predicted molar refractivity (Wildman–Crippen MR) is 75.8 cm³/mol.